The Morgan fingerprint density at radius 1 is 1.00 bits per heavy atom. The summed E-state index contributed by atoms with van der Waals surface area (Å²) in [6.07, 6.45) is 0. The molecule has 0 spiro atoms. The first-order chi connectivity index (χ1) is 11.5. The maximum Gasteiger partial charge on any atom is 0.142 e. The lowest BCUT2D eigenvalue weighted by Gasteiger charge is -2.11. The molecule has 3 nitrogen and oxygen atoms in total. The largest absolute Gasteiger partial charge is 0.383 e. The molecule has 0 aliphatic heterocycles. The number of nitrogens with two attached hydrogens (primary N) is 1. The second-order valence-corrected chi connectivity index (χ2v) is 6.83. The molecule has 0 radical (unpaired) electrons. The van der Waals surface area contributed by atoms with Gasteiger partial charge in [-0.3, -0.25) is 0 Å². The van der Waals surface area contributed by atoms with E-state index in [1.54, 1.807) is 18.2 Å². The van der Waals surface area contributed by atoms with Gasteiger partial charge in [0.25, 0.3) is 0 Å². The van der Waals surface area contributed by atoms with Crippen LogP contribution in [0.2, 0.25) is 0 Å². The van der Waals surface area contributed by atoms with Crippen LogP contribution in [-0.2, 0) is 0 Å². The maximum absolute atomic E-state index is 13.5. The number of hydrogen-bond acceptors (Lipinski definition) is 3. The molecule has 1 heterocycles. The zero-order valence-electron chi connectivity index (χ0n) is 12.2. The number of hydrogen-bond donors (Lipinski definition) is 1. The van der Waals surface area contributed by atoms with Gasteiger partial charge in [0.1, 0.15) is 23.3 Å². The molecular weight excluding hydrogens is 437 g/mol. The van der Waals surface area contributed by atoms with Crippen molar-refractivity contribution in [3.05, 3.63) is 68.9 Å². The van der Waals surface area contributed by atoms with Crippen LogP contribution >= 0.6 is 31.9 Å². The van der Waals surface area contributed by atoms with E-state index in [9.17, 15) is 9.65 Å². The average Bonchev–Trinajstić information content (AvgIpc) is 2.57. The minimum Gasteiger partial charge on any atom is -0.383 e. The van der Waals surface area contributed by atoms with Gasteiger partial charge in [-0.25, -0.2) is 9.37 Å². The monoisotopic (exact) mass is 445 g/mol. The van der Waals surface area contributed by atoms with Crippen molar-refractivity contribution in [2.24, 2.45) is 0 Å². The van der Waals surface area contributed by atoms with Crippen molar-refractivity contribution < 1.29 is 4.39 Å². The van der Waals surface area contributed by atoms with Crippen LogP contribution in [-0.4, -0.2) is 4.98 Å². The Hall–Kier alpha value is -2.23. The van der Waals surface area contributed by atoms with Gasteiger partial charge < -0.3 is 5.73 Å². The Kier molecular flexibility index (Phi) is 4.65. The lowest BCUT2D eigenvalue weighted by molar-refractivity contribution is 0.621. The molecule has 24 heavy (non-hydrogen) atoms. The predicted molar refractivity (Wildman–Crippen MR) is 99.6 cm³/mol. The summed E-state index contributed by atoms with van der Waals surface area (Å²) in [4.78, 5) is 4.32. The van der Waals surface area contributed by atoms with Gasteiger partial charge in [0.15, 0.2) is 0 Å². The number of nitrogen functional groups attached to an aromatic ring is 1. The molecular formula is C18H10Br2FN3. The zero-order valence-corrected chi connectivity index (χ0v) is 15.4. The summed E-state index contributed by atoms with van der Waals surface area (Å²) < 4.78 is 14.8. The van der Waals surface area contributed by atoms with E-state index in [1.165, 1.54) is 6.07 Å². The van der Waals surface area contributed by atoms with Crippen molar-refractivity contribution in [2.45, 2.75) is 0 Å². The van der Waals surface area contributed by atoms with Crippen molar-refractivity contribution in [2.75, 3.05) is 5.73 Å². The van der Waals surface area contributed by atoms with Crippen LogP contribution in [0.5, 0.6) is 0 Å². The Morgan fingerprint density at radius 2 is 1.67 bits per heavy atom. The fraction of sp³-hybridized carbons (Fsp3) is 0. The van der Waals surface area contributed by atoms with Gasteiger partial charge in [-0.1, -0.05) is 34.1 Å². The Labute approximate surface area is 155 Å². The van der Waals surface area contributed by atoms with Gasteiger partial charge in [0, 0.05) is 15.6 Å². The molecule has 3 rings (SSSR count). The first kappa shape index (κ1) is 16.6. The fourth-order valence-corrected chi connectivity index (χ4v) is 2.99. The van der Waals surface area contributed by atoms with Crippen LogP contribution in [0.1, 0.15) is 5.56 Å². The normalized spacial score (nSPS) is 10.4. The van der Waals surface area contributed by atoms with E-state index in [1.807, 2.05) is 24.3 Å². The number of pyridine rings is 1. The maximum atomic E-state index is 13.5. The highest BCUT2D eigenvalue weighted by molar-refractivity contribution is 9.10. The molecule has 0 bridgehead atoms. The van der Waals surface area contributed by atoms with E-state index in [2.05, 4.69) is 42.9 Å². The quantitative estimate of drug-likeness (QED) is 0.562. The number of halogens is 3. The molecule has 0 unspecified atom stereocenters. The highest BCUT2D eigenvalue weighted by Gasteiger charge is 2.14. The molecule has 0 amide bonds. The lowest BCUT2D eigenvalue weighted by atomic mass is 9.98. The molecule has 2 aromatic carbocycles. The molecule has 0 aliphatic rings. The van der Waals surface area contributed by atoms with Crippen molar-refractivity contribution in [1.82, 2.24) is 4.98 Å². The minimum atomic E-state index is -0.368. The summed E-state index contributed by atoms with van der Waals surface area (Å²) >= 11 is 6.56. The van der Waals surface area contributed by atoms with Crippen LogP contribution < -0.4 is 5.73 Å². The highest BCUT2D eigenvalue weighted by atomic mass is 79.9. The molecule has 0 fully saturated rings. The number of nitrogens with zero attached hydrogens (tertiary/aromatic N) is 2. The lowest BCUT2D eigenvalue weighted by Crippen LogP contribution is -2.00. The van der Waals surface area contributed by atoms with Gasteiger partial charge in [-0.2, -0.15) is 5.26 Å². The summed E-state index contributed by atoms with van der Waals surface area (Å²) in [5.41, 5.74) is 9.07. The van der Waals surface area contributed by atoms with Crippen LogP contribution in [0, 0.1) is 17.1 Å². The van der Waals surface area contributed by atoms with Crippen LogP contribution in [0.25, 0.3) is 22.4 Å². The third-order valence-corrected chi connectivity index (χ3v) is 4.67. The van der Waals surface area contributed by atoms with Crippen LogP contribution in [0.3, 0.4) is 0 Å². The number of benzene rings is 2. The third-order valence-electron chi connectivity index (χ3n) is 3.53. The van der Waals surface area contributed by atoms with Gasteiger partial charge >= 0.3 is 0 Å². The molecule has 0 saturated heterocycles. The van der Waals surface area contributed by atoms with Gasteiger partial charge in [-0.05, 0) is 51.8 Å². The molecule has 0 atom stereocenters. The highest BCUT2D eigenvalue weighted by Crippen LogP contribution is 2.33. The standard InChI is InChI=1S/C18H10Br2FN3/c19-12-4-1-10(2-5-12)17-8-13(14(9-22)18(23)24-17)11-3-6-16(21)15(20)7-11/h1-8H,(H2,23,24). The summed E-state index contributed by atoms with van der Waals surface area (Å²) in [5.74, 6) is -0.221. The SMILES string of the molecule is N#Cc1c(-c2ccc(F)c(Br)c2)cc(-c2ccc(Br)cc2)nc1N. The van der Waals surface area contributed by atoms with E-state index >= 15 is 0 Å². The van der Waals surface area contributed by atoms with E-state index in [0.717, 1.165) is 10.0 Å². The van der Waals surface area contributed by atoms with Crippen molar-refractivity contribution >= 4 is 37.7 Å². The summed E-state index contributed by atoms with van der Waals surface area (Å²) in [6, 6.07) is 16.1. The molecule has 2 N–H and O–H groups in total. The molecule has 6 heteroatoms. The van der Waals surface area contributed by atoms with Crippen molar-refractivity contribution in [1.29, 1.82) is 5.26 Å². The second-order valence-electron chi connectivity index (χ2n) is 5.06. The average molecular weight is 447 g/mol. The van der Waals surface area contributed by atoms with Gasteiger partial charge in [-0.15, -0.1) is 0 Å². The molecule has 1 aromatic heterocycles. The molecule has 118 valence electrons. The Morgan fingerprint density at radius 3 is 2.29 bits per heavy atom. The smallest absolute Gasteiger partial charge is 0.142 e. The van der Waals surface area contributed by atoms with Gasteiger partial charge in [0.05, 0.1) is 10.2 Å². The summed E-state index contributed by atoms with van der Waals surface area (Å²) in [6.45, 7) is 0. The van der Waals surface area contributed by atoms with Crippen molar-refractivity contribution in [3.8, 4) is 28.5 Å². The van der Waals surface area contributed by atoms with Crippen LogP contribution in [0.15, 0.2) is 57.5 Å². The number of anilines is 1. The second kappa shape index (κ2) is 6.71. The van der Waals surface area contributed by atoms with E-state index in [-0.39, 0.29) is 17.2 Å². The minimum absolute atomic E-state index is 0.147. The molecule has 3 aromatic rings. The third kappa shape index (κ3) is 3.18. The first-order valence-corrected chi connectivity index (χ1v) is 8.50. The van der Waals surface area contributed by atoms with Crippen LogP contribution in [0.4, 0.5) is 10.2 Å². The summed E-state index contributed by atoms with van der Waals surface area (Å²) in [5, 5.41) is 9.42. The van der Waals surface area contributed by atoms with Gasteiger partial charge in [0.2, 0.25) is 0 Å². The zero-order chi connectivity index (χ0) is 17.3. The van der Waals surface area contributed by atoms with E-state index < -0.39 is 0 Å². The molecule has 0 saturated carbocycles. The van der Waals surface area contributed by atoms with Crippen molar-refractivity contribution in [3.63, 3.8) is 0 Å². The Balaban J connectivity index is 2.22. The van der Waals surface area contributed by atoms with E-state index in [0.29, 0.717) is 21.3 Å². The Bertz CT molecular complexity index is 963. The first-order valence-electron chi connectivity index (χ1n) is 6.91. The number of rotatable bonds is 2. The summed E-state index contributed by atoms with van der Waals surface area (Å²) in [7, 11) is 0. The topological polar surface area (TPSA) is 62.7 Å². The predicted octanol–water partition coefficient (Wildman–Crippen LogP) is 5.53. The number of nitriles is 1. The molecule has 0 aliphatic carbocycles. The number of aromatic nitrogens is 1. The fourth-order valence-electron chi connectivity index (χ4n) is 2.34. The van der Waals surface area contributed by atoms with E-state index in [4.69, 9.17) is 5.73 Å².